The molecule has 1 fully saturated rings. The summed E-state index contributed by atoms with van der Waals surface area (Å²) in [7, 11) is 0. The van der Waals surface area contributed by atoms with E-state index in [9.17, 15) is 4.79 Å². The van der Waals surface area contributed by atoms with Crippen molar-refractivity contribution in [2.45, 2.75) is 0 Å². The third-order valence-corrected chi connectivity index (χ3v) is 4.05. The molecule has 0 spiro atoms. The number of carbonyl (C=O) groups excluding carboxylic acids is 1. The second-order valence-electron chi connectivity index (χ2n) is 3.41. The summed E-state index contributed by atoms with van der Waals surface area (Å²) < 4.78 is 1.17. The summed E-state index contributed by atoms with van der Waals surface area (Å²) in [4.78, 5) is 14.0. The molecule has 0 N–H and O–H groups in total. The van der Waals surface area contributed by atoms with Crippen molar-refractivity contribution in [3.8, 4) is 0 Å². The van der Waals surface area contributed by atoms with E-state index >= 15 is 0 Å². The Labute approximate surface area is 108 Å². The minimum absolute atomic E-state index is 0.173. The Morgan fingerprint density at radius 1 is 1.20 bits per heavy atom. The number of amides is 1. The average molecular weight is 333 g/mol. The highest BCUT2D eigenvalue weighted by Gasteiger charge is 2.17. The summed E-state index contributed by atoms with van der Waals surface area (Å²) in [5.74, 6) is 2.30. The highest BCUT2D eigenvalue weighted by molar-refractivity contribution is 14.1. The summed E-state index contributed by atoms with van der Waals surface area (Å²) in [6, 6.07) is 7.77. The Kier molecular flexibility index (Phi) is 3.91. The third-order valence-electron chi connectivity index (χ3n) is 2.39. The molecule has 0 aliphatic carbocycles. The molecule has 0 radical (unpaired) electrons. The topological polar surface area (TPSA) is 20.3 Å². The molecule has 0 saturated carbocycles. The van der Waals surface area contributed by atoms with Gasteiger partial charge in [0.1, 0.15) is 0 Å². The van der Waals surface area contributed by atoms with Crippen molar-refractivity contribution < 1.29 is 4.79 Å². The molecule has 0 aromatic heterocycles. The Bertz CT molecular complexity index is 346. The van der Waals surface area contributed by atoms with Gasteiger partial charge in [0.2, 0.25) is 0 Å². The van der Waals surface area contributed by atoms with E-state index in [-0.39, 0.29) is 5.91 Å². The molecule has 1 heterocycles. The van der Waals surface area contributed by atoms with Crippen molar-refractivity contribution in [3.63, 3.8) is 0 Å². The molecule has 1 amide bonds. The van der Waals surface area contributed by atoms with Crippen molar-refractivity contribution in [2.75, 3.05) is 24.6 Å². The van der Waals surface area contributed by atoms with E-state index in [2.05, 4.69) is 22.6 Å². The second kappa shape index (κ2) is 5.21. The Hall–Kier alpha value is -0.230. The SMILES string of the molecule is O=C(c1ccc(I)cc1)N1CCSCC1. The predicted octanol–water partition coefficient (Wildman–Crippen LogP) is 2.48. The van der Waals surface area contributed by atoms with E-state index in [1.165, 1.54) is 3.57 Å². The highest BCUT2D eigenvalue weighted by Crippen LogP contribution is 2.14. The normalized spacial score (nSPS) is 16.5. The molecule has 0 unspecified atom stereocenters. The van der Waals surface area contributed by atoms with Crippen LogP contribution < -0.4 is 0 Å². The minimum atomic E-state index is 0.173. The number of hydrogen-bond acceptors (Lipinski definition) is 2. The Morgan fingerprint density at radius 2 is 1.80 bits per heavy atom. The largest absolute Gasteiger partial charge is 0.337 e. The number of benzene rings is 1. The molecule has 80 valence electrons. The number of halogens is 1. The first-order valence-corrected chi connectivity index (χ1v) is 7.13. The van der Waals surface area contributed by atoms with Crippen molar-refractivity contribution in [1.29, 1.82) is 0 Å². The number of carbonyl (C=O) groups is 1. The maximum atomic E-state index is 12.0. The molecule has 2 rings (SSSR count). The molecular formula is C11H12INOS. The van der Waals surface area contributed by atoms with Crippen LogP contribution in [0.1, 0.15) is 10.4 Å². The lowest BCUT2D eigenvalue weighted by Crippen LogP contribution is -2.37. The summed E-state index contributed by atoms with van der Waals surface area (Å²) in [6.45, 7) is 1.77. The van der Waals surface area contributed by atoms with Gasteiger partial charge >= 0.3 is 0 Å². The third kappa shape index (κ3) is 2.87. The van der Waals surface area contributed by atoms with Crippen molar-refractivity contribution in [3.05, 3.63) is 33.4 Å². The number of thioether (sulfide) groups is 1. The lowest BCUT2D eigenvalue weighted by atomic mass is 10.2. The monoisotopic (exact) mass is 333 g/mol. The van der Waals surface area contributed by atoms with Crippen LogP contribution in [0.4, 0.5) is 0 Å². The van der Waals surface area contributed by atoms with E-state index in [4.69, 9.17) is 0 Å². The Morgan fingerprint density at radius 3 is 2.40 bits per heavy atom. The summed E-state index contributed by atoms with van der Waals surface area (Å²) in [5, 5.41) is 0. The summed E-state index contributed by atoms with van der Waals surface area (Å²) >= 11 is 4.16. The van der Waals surface area contributed by atoms with Crippen molar-refractivity contribution in [1.82, 2.24) is 4.90 Å². The minimum Gasteiger partial charge on any atom is -0.337 e. The maximum absolute atomic E-state index is 12.0. The number of hydrogen-bond donors (Lipinski definition) is 0. The van der Waals surface area contributed by atoms with Crippen LogP contribution in [0.3, 0.4) is 0 Å². The lowest BCUT2D eigenvalue weighted by molar-refractivity contribution is 0.0772. The predicted molar refractivity (Wildman–Crippen MR) is 72.4 cm³/mol. The van der Waals surface area contributed by atoms with Gasteiger partial charge in [-0.05, 0) is 46.9 Å². The van der Waals surface area contributed by atoms with Crippen LogP contribution in [-0.2, 0) is 0 Å². The molecule has 1 saturated heterocycles. The molecule has 1 aromatic rings. The molecule has 4 heteroatoms. The summed E-state index contributed by atoms with van der Waals surface area (Å²) in [6.07, 6.45) is 0. The summed E-state index contributed by atoms with van der Waals surface area (Å²) in [5.41, 5.74) is 0.808. The zero-order chi connectivity index (χ0) is 10.7. The maximum Gasteiger partial charge on any atom is 0.253 e. The van der Waals surface area contributed by atoms with Crippen molar-refractivity contribution >= 4 is 40.3 Å². The van der Waals surface area contributed by atoms with Crippen molar-refractivity contribution in [2.24, 2.45) is 0 Å². The fraction of sp³-hybridized carbons (Fsp3) is 0.364. The van der Waals surface area contributed by atoms with Gasteiger partial charge in [0, 0.05) is 33.7 Å². The van der Waals surface area contributed by atoms with Gasteiger partial charge in [0.05, 0.1) is 0 Å². The van der Waals surface area contributed by atoms with E-state index < -0.39 is 0 Å². The van der Waals surface area contributed by atoms with Gasteiger partial charge in [-0.2, -0.15) is 11.8 Å². The molecule has 1 aromatic carbocycles. The fourth-order valence-corrected chi connectivity index (χ4v) is 2.80. The van der Waals surface area contributed by atoms with Crippen LogP contribution in [-0.4, -0.2) is 35.4 Å². The molecule has 1 aliphatic heterocycles. The van der Waals surface area contributed by atoms with E-state index in [0.717, 1.165) is 30.2 Å². The van der Waals surface area contributed by atoms with E-state index in [0.29, 0.717) is 0 Å². The van der Waals surface area contributed by atoms with Gasteiger partial charge < -0.3 is 4.90 Å². The molecule has 1 aliphatic rings. The van der Waals surface area contributed by atoms with Crippen LogP contribution in [0.25, 0.3) is 0 Å². The van der Waals surface area contributed by atoms with E-state index in [1.807, 2.05) is 40.9 Å². The van der Waals surface area contributed by atoms with E-state index in [1.54, 1.807) is 0 Å². The first-order chi connectivity index (χ1) is 7.27. The van der Waals surface area contributed by atoms with Gasteiger partial charge in [0.15, 0.2) is 0 Å². The van der Waals surface area contributed by atoms with Crippen LogP contribution >= 0.6 is 34.4 Å². The van der Waals surface area contributed by atoms with Gasteiger partial charge in [-0.1, -0.05) is 0 Å². The van der Waals surface area contributed by atoms with Crippen LogP contribution in [0.2, 0.25) is 0 Å². The quantitative estimate of drug-likeness (QED) is 0.736. The molecular weight excluding hydrogens is 321 g/mol. The molecule has 2 nitrogen and oxygen atoms in total. The fourth-order valence-electron chi connectivity index (χ4n) is 1.54. The van der Waals surface area contributed by atoms with Gasteiger partial charge in [0.25, 0.3) is 5.91 Å². The second-order valence-corrected chi connectivity index (χ2v) is 5.88. The Balaban J connectivity index is 2.09. The van der Waals surface area contributed by atoms with Crippen LogP contribution in [0.15, 0.2) is 24.3 Å². The molecule has 0 atom stereocenters. The number of rotatable bonds is 1. The van der Waals surface area contributed by atoms with Crippen LogP contribution in [0, 0.1) is 3.57 Å². The van der Waals surface area contributed by atoms with Gasteiger partial charge in [-0.25, -0.2) is 0 Å². The zero-order valence-electron chi connectivity index (χ0n) is 8.28. The van der Waals surface area contributed by atoms with Gasteiger partial charge in [-0.3, -0.25) is 4.79 Å². The van der Waals surface area contributed by atoms with Crippen LogP contribution in [0.5, 0.6) is 0 Å². The van der Waals surface area contributed by atoms with Gasteiger partial charge in [-0.15, -0.1) is 0 Å². The smallest absolute Gasteiger partial charge is 0.253 e. The molecule has 0 bridgehead atoms. The molecule has 15 heavy (non-hydrogen) atoms. The lowest BCUT2D eigenvalue weighted by Gasteiger charge is -2.26. The first kappa shape index (κ1) is 11.3. The highest BCUT2D eigenvalue weighted by atomic mass is 127. The first-order valence-electron chi connectivity index (χ1n) is 4.90. The average Bonchev–Trinajstić information content (AvgIpc) is 2.30. The number of nitrogens with zero attached hydrogens (tertiary/aromatic N) is 1. The zero-order valence-corrected chi connectivity index (χ0v) is 11.3. The standard InChI is InChI=1S/C11H12INOS/c12-10-3-1-9(2-4-10)11(14)13-5-7-15-8-6-13/h1-4H,5-8H2.